The molecule has 0 aromatic carbocycles. The number of hydrogen-bond donors (Lipinski definition) is 1. The predicted molar refractivity (Wildman–Crippen MR) is 325 cm³/mol. The van der Waals surface area contributed by atoms with Gasteiger partial charge >= 0.3 is 11.9 Å². The van der Waals surface area contributed by atoms with Crippen LogP contribution in [0.4, 0.5) is 0 Å². The first kappa shape index (κ1) is 70.8. The van der Waals surface area contributed by atoms with Crippen molar-refractivity contribution < 1.29 is 24.2 Å². The lowest BCUT2D eigenvalue weighted by molar-refractivity contribution is -0.161. The molecule has 0 saturated carbocycles. The number of esters is 2. The number of hydrogen-bond acceptors (Lipinski definition) is 5. The van der Waals surface area contributed by atoms with Crippen molar-refractivity contribution in [2.75, 3.05) is 13.2 Å². The van der Waals surface area contributed by atoms with E-state index >= 15 is 0 Å². The molecule has 74 heavy (non-hydrogen) atoms. The van der Waals surface area contributed by atoms with Crippen LogP contribution in [0, 0.1) is 0 Å². The van der Waals surface area contributed by atoms with E-state index in [0.29, 0.717) is 12.8 Å². The number of aliphatic hydroxyl groups is 1. The fraction of sp³-hybridized carbons (Fsp3) is 0.739. The van der Waals surface area contributed by atoms with Gasteiger partial charge < -0.3 is 14.6 Å². The SMILES string of the molecule is CC/C=C\C/C=C\C/C=C\C/C=C\C/C=C\CCCCCCCCCC(=O)OC(CO)COC(=O)CCCCCCCCCCCCCCCCCCCCCCCC/C=C\C/C=C\C/C=C\CCCCCCC. The third kappa shape index (κ3) is 61.4. The average molecular weight is 1030 g/mol. The Morgan fingerprint density at radius 3 is 0.878 bits per heavy atom. The molecule has 0 aliphatic carbocycles. The molecule has 0 heterocycles. The van der Waals surface area contributed by atoms with E-state index in [1.165, 1.54) is 193 Å². The third-order valence-corrected chi connectivity index (χ3v) is 13.9. The molecule has 0 saturated heterocycles. The summed E-state index contributed by atoms with van der Waals surface area (Å²) in [5.74, 6) is -0.596. The Morgan fingerprint density at radius 1 is 0.324 bits per heavy atom. The van der Waals surface area contributed by atoms with E-state index in [4.69, 9.17) is 9.47 Å². The van der Waals surface area contributed by atoms with E-state index in [2.05, 4.69) is 111 Å². The van der Waals surface area contributed by atoms with Crippen LogP contribution in [0.5, 0.6) is 0 Å². The van der Waals surface area contributed by atoms with Crippen molar-refractivity contribution in [2.24, 2.45) is 0 Å². The third-order valence-electron chi connectivity index (χ3n) is 13.9. The summed E-state index contributed by atoms with van der Waals surface area (Å²) in [5, 5.41) is 9.67. The Labute approximate surface area is 459 Å². The van der Waals surface area contributed by atoms with E-state index in [1.807, 2.05) is 0 Å². The summed E-state index contributed by atoms with van der Waals surface area (Å²) in [5.41, 5.74) is 0. The molecule has 1 N–H and O–H groups in total. The van der Waals surface area contributed by atoms with Gasteiger partial charge in [-0.05, 0) is 96.3 Å². The zero-order valence-corrected chi connectivity index (χ0v) is 48.8. The highest BCUT2D eigenvalue weighted by atomic mass is 16.6. The molecule has 5 heteroatoms. The van der Waals surface area contributed by atoms with Crippen LogP contribution in [0.25, 0.3) is 0 Å². The molecule has 1 unspecified atom stereocenters. The van der Waals surface area contributed by atoms with Gasteiger partial charge in [0.2, 0.25) is 0 Å². The van der Waals surface area contributed by atoms with Gasteiger partial charge in [-0.3, -0.25) is 9.59 Å². The first-order valence-corrected chi connectivity index (χ1v) is 31.8. The first-order valence-electron chi connectivity index (χ1n) is 31.8. The summed E-state index contributed by atoms with van der Waals surface area (Å²) < 4.78 is 10.7. The highest BCUT2D eigenvalue weighted by Gasteiger charge is 2.16. The first-order chi connectivity index (χ1) is 36.6. The second kappa shape index (κ2) is 64.1. The fourth-order valence-electron chi connectivity index (χ4n) is 9.12. The minimum atomic E-state index is -0.783. The number of ether oxygens (including phenoxy) is 2. The zero-order chi connectivity index (χ0) is 53.4. The van der Waals surface area contributed by atoms with Crippen LogP contribution < -0.4 is 0 Å². The molecule has 1 atom stereocenters. The van der Waals surface area contributed by atoms with Crippen LogP contribution >= 0.6 is 0 Å². The molecule has 0 aromatic heterocycles. The topological polar surface area (TPSA) is 72.8 Å². The van der Waals surface area contributed by atoms with Crippen LogP contribution in [0.15, 0.2) is 97.2 Å². The molecule has 426 valence electrons. The Morgan fingerprint density at radius 2 is 0.581 bits per heavy atom. The van der Waals surface area contributed by atoms with Crippen molar-refractivity contribution in [3.63, 3.8) is 0 Å². The van der Waals surface area contributed by atoms with Gasteiger partial charge in [-0.15, -0.1) is 0 Å². The van der Waals surface area contributed by atoms with Crippen molar-refractivity contribution in [3.8, 4) is 0 Å². The number of unbranched alkanes of at least 4 members (excludes halogenated alkanes) is 34. The van der Waals surface area contributed by atoms with E-state index in [9.17, 15) is 14.7 Å². The van der Waals surface area contributed by atoms with E-state index < -0.39 is 6.10 Å². The molecule has 0 rings (SSSR count). The van der Waals surface area contributed by atoms with E-state index in [-0.39, 0.29) is 25.2 Å². The van der Waals surface area contributed by atoms with Crippen LogP contribution in [0.2, 0.25) is 0 Å². The number of aliphatic hydroxyl groups excluding tert-OH is 1. The van der Waals surface area contributed by atoms with Crippen molar-refractivity contribution in [3.05, 3.63) is 97.2 Å². The maximum atomic E-state index is 12.3. The van der Waals surface area contributed by atoms with Crippen molar-refractivity contribution in [2.45, 2.75) is 315 Å². The Kier molecular flexibility index (Phi) is 61.4. The molecule has 5 nitrogen and oxygen atoms in total. The van der Waals surface area contributed by atoms with Gasteiger partial charge in [0.05, 0.1) is 6.61 Å². The lowest BCUT2D eigenvalue weighted by Crippen LogP contribution is -2.28. The van der Waals surface area contributed by atoms with Crippen LogP contribution in [0.3, 0.4) is 0 Å². The zero-order valence-electron chi connectivity index (χ0n) is 48.8. The summed E-state index contributed by atoms with van der Waals surface area (Å²) in [6.07, 6.45) is 91.3. The Bertz CT molecular complexity index is 1400. The van der Waals surface area contributed by atoms with E-state index in [1.54, 1.807) is 0 Å². The fourth-order valence-corrected chi connectivity index (χ4v) is 9.12. The second-order valence-electron chi connectivity index (χ2n) is 21.1. The summed E-state index contributed by atoms with van der Waals surface area (Å²) in [7, 11) is 0. The van der Waals surface area contributed by atoms with Gasteiger partial charge in [0.25, 0.3) is 0 Å². The molecule has 0 aliphatic rings. The monoisotopic (exact) mass is 1030 g/mol. The maximum Gasteiger partial charge on any atom is 0.306 e. The maximum absolute atomic E-state index is 12.3. The summed E-state index contributed by atoms with van der Waals surface area (Å²) >= 11 is 0. The summed E-state index contributed by atoms with van der Waals surface area (Å²) in [6.45, 7) is 4.03. The van der Waals surface area contributed by atoms with Crippen LogP contribution in [0.1, 0.15) is 309 Å². The smallest absolute Gasteiger partial charge is 0.306 e. The predicted octanol–water partition coefficient (Wildman–Crippen LogP) is 21.9. The summed E-state index contributed by atoms with van der Waals surface area (Å²) in [6, 6.07) is 0. The molecule has 0 radical (unpaired) electrons. The van der Waals surface area contributed by atoms with Gasteiger partial charge in [-0.1, -0.05) is 297 Å². The largest absolute Gasteiger partial charge is 0.462 e. The molecular weight excluding hydrogens is 909 g/mol. The van der Waals surface area contributed by atoms with Gasteiger partial charge in [-0.25, -0.2) is 0 Å². The molecule has 0 bridgehead atoms. The molecule has 0 aliphatic heterocycles. The van der Waals surface area contributed by atoms with Gasteiger partial charge in [0.15, 0.2) is 6.10 Å². The van der Waals surface area contributed by atoms with E-state index in [0.717, 1.165) is 89.9 Å². The number of carbonyl (C=O) groups is 2. The molecule has 0 fully saturated rings. The highest BCUT2D eigenvalue weighted by Crippen LogP contribution is 2.17. The Balaban J connectivity index is 3.45. The number of allylic oxidation sites excluding steroid dienone is 16. The normalized spacial score (nSPS) is 12.9. The Hall–Kier alpha value is -3.18. The molecule has 0 amide bonds. The van der Waals surface area contributed by atoms with Crippen molar-refractivity contribution in [1.29, 1.82) is 0 Å². The van der Waals surface area contributed by atoms with Gasteiger partial charge in [-0.2, -0.15) is 0 Å². The van der Waals surface area contributed by atoms with Crippen LogP contribution in [-0.4, -0.2) is 36.4 Å². The van der Waals surface area contributed by atoms with Crippen LogP contribution in [-0.2, 0) is 19.1 Å². The van der Waals surface area contributed by atoms with Gasteiger partial charge in [0.1, 0.15) is 6.61 Å². The average Bonchev–Trinajstić information content (AvgIpc) is 3.40. The van der Waals surface area contributed by atoms with Crippen molar-refractivity contribution in [1.82, 2.24) is 0 Å². The number of rotatable bonds is 58. The molecule has 0 aromatic rings. The minimum absolute atomic E-state index is 0.0721. The quantitative estimate of drug-likeness (QED) is 0.0373. The second-order valence-corrected chi connectivity index (χ2v) is 21.1. The number of carbonyl (C=O) groups excluding carboxylic acids is 2. The van der Waals surface area contributed by atoms with Crippen molar-refractivity contribution >= 4 is 11.9 Å². The van der Waals surface area contributed by atoms with Gasteiger partial charge in [0, 0.05) is 12.8 Å². The molecular formula is C69H120O5. The lowest BCUT2D eigenvalue weighted by atomic mass is 10.0. The lowest BCUT2D eigenvalue weighted by Gasteiger charge is -2.15. The summed E-state index contributed by atoms with van der Waals surface area (Å²) in [4.78, 5) is 24.6. The standard InChI is InChI=1S/C69H120O5/c1-3-5-7-9-11-13-15-17-19-21-23-25-27-28-29-30-31-32-33-34-35-36-37-38-39-40-42-43-45-47-49-51-53-55-57-59-61-63-68(71)73-66-67(65-70)74-69(72)64-62-60-58-56-54-52-50-48-46-44-41-26-24-22-20-18-16-14-12-10-8-6-4-2/h6,8,12,14-15,17-18,20-21,23-24,26-28,44,46,67,70H,3-5,7,9-11,13,16,19,22,25,29-43,45,47-66H2,1-2H3/b8-6-,14-12-,17-15-,20-18-,23-21-,26-24-,28-27-,46-44-. The molecule has 0 spiro atoms. The highest BCUT2D eigenvalue weighted by molar-refractivity contribution is 5.70. The minimum Gasteiger partial charge on any atom is -0.462 e.